The van der Waals surface area contributed by atoms with E-state index in [4.69, 9.17) is 4.74 Å². The van der Waals surface area contributed by atoms with E-state index in [-0.39, 0.29) is 5.91 Å². The molecule has 1 atom stereocenters. The summed E-state index contributed by atoms with van der Waals surface area (Å²) in [7, 11) is 0. The first kappa shape index (κ1) is 17.0. The minimum absolute atomic E-state index is 0.157. The van der Waals surface area contributed by atoms with Crippen molar-refractivity contribution in [3.8, 4) is 0 Å². The first-order chi connectivity index (χ1) is 11.9. The molecule has 1 aliphatic heterocycles. The normalized spacial score (nSPS) is 16.1. The fraction of sp³-hybridized carbons (Fsp3) is 0.238. The topological polar surface area (TPSA) is 46.6 Å². The van der Waals surface area contributed by atoms with Crippen molar-refractivity contribution in [3.05, 3.63) is 64.7 Å². The fourth-order valence-corrected chi connectivity index (χ4v) is 3.13. The van der Waals surface area contributed by atoms with Gasteiger partial charge in [0.15, 0.2) is 6.23 Å². The molecule has 0 spiro atoms. The molecule has 1 amide bonds. The molecule has 1 aliphatic rings. The van der Waals surface area contributed by atoms with E-state index < -0.39 is 12.2 Å². The second-order valence-electron chi connectivity index (χ2n) is 6.32. The summed E-state index contributed by atoms with van der Waals surface area (Å²) in [6.45, 7) is 7.10. The van der Waals surface area contributed by atoms with Crippen LogP contribution in [0, 0.1) is 13.8 Å². The second-order valence-corrected chi connectivity index (χ2v) is 6.32. The van der Waals surface area contributed by atoms with Crippen molar-refractivity contribution >= 4 is 29.2 Å². The Balaban J connectivity index is 2.10. The zero-order valence-electron chi connectivity index (χ0n) is 14.9. The molecule has 2 aromatic carbocycles. The number of para-hydroxylation sites is 1. The molecule has 4 heteroatoms. The van der Waals surface area contributed by atoms with Crippen LogP contribution in [-0.4, -0.2) is 18.1 Å². The lowest BCUT2D eigenvalue weighted by Gasteiger charge is -2.24. The minimum atomic E-state index is -0.657. The molecule has 0 saturated carbocycles. The monoisotopic (exact) mass is 335 g/mol. The Labute approximate surface area is 147 Å². The number of carbonyl (C=O) groups excluding carboxylic acids is 2. The SMILES string of the molecule is CC(=O)OC(C)N1C(=O)/C(=C\c2cc(C)ccc2C)c2ccccc21. The highest BCUT2D eigenvalue weighted by atomic mass is 16.6. The van der Waals surface area contributed by atoms with Crippen molar-refractivity contribution in [1.82, 2.24) is 0 Å². The summed E-state index contributed by atoms with van der Waals surface area (Å²) in [5.41, 5.74) is 5.49. The van der Waals surface area contributed by atoms with Gasteiger partial charge in [-0.05, 0) is 44.0 Å². The molecule has 0 N–H and O–H groups in total. The molecule has 0 fully saturated rings. The Kier molecular flexibility index (Phi) is 4.45. The van der Waals surface area contributed by atoms with Crippen molar-refractivity contribution in [2.45, 2.75) is 33.9 Å². The third-order valence-corrected chi connectivity index (χ3v) is 4.34. The summed E-state index contributed by atoms with van der Waals surface area (Å²) in [4.78, 5) is 25.9. The summed E-state index contributed by atoms with van der Waals surface area (Å²) in [6, 6.07) is 13.7. The maximum absolute atomic E-state index is 13.1. The molecular weight excluding hydrogens is 314 g/mol. The number of anilines is 1. The largest absolute Gasteiger partial charge is 0.442 e. The summed E-state index contributed by atoms with van der Waals surface area (Å²) >= 11 is 0. The molecule has 0 aromatic heterocycles. The average Bonchev–Trinajstić information content (AvgIpc) is 2.83. The summed E-state index contributed by atoms with van der Waals surface area (Å²) < 4.78 is 5.24. The van der Waals surface area contributed by atoms with Gasteiger partial charge in [0.1, 0.15) is 0 Å². The van der Waals surface area contributed by atoms with Crippen LogP contribution in [0.3, 0.4) is 0 Å². The summed E-state index contributed by atoms with van der Waals surface area (Å²) in [6.07, 6.45) is 1.26. The molecule has 1 unspecified atom stereocenters. The van der Waals surface area contributed by atoms with Crippen molar-refractivity contribution in [3.63, 3.8) is 0 Å². The Bertz CT molecular complexity index is 882. The van der Waals surface area contributed by atoms with Gasteiger partial charge in [0.05, 0.1) is 5.69 Å². The van der Waals surface area contributed by atoms with Crippen LogP contribution in [0.4, 0.5) is 5.69 Å². The van der Waals surface area contributed by atoms with Crippen LogP contribution in [0.1, 0.15) is 36.1 Å². The van der Waals surface area contributed by atoms with E-state index >= 15 is 0 Å². The molecule has 128 valence electrons. The zero-order chi connectivity index (χ0) is 18.1. The van der Waals surface area contributed by atoms with E-state index in [0.29, 0.717) is 5.57 Å². The number of benzene rings is 2. The van der Waals surface area contributed by atoms with Gasteiger partial charge in [-0.25, -0.2) is 0 Å². The maximum atomic E-state index is 13.1. The minimum Gasteiger partial charge on any atom is -0.442 e. The second kappa shape index (κ2) is 6.55. The first-order valence-corrected chi connectivity index (χ1v) is 8.27. The van der Waals surface area contributed by atoms with Gasteiger partial charge in [-0.2, -0.15) is 0 Å². The molecule has 2 aromatic rings. The summed E-state index contributed by atoms with van der Waals surface area (Å²) in [5, 5.41) is 0. The van der Waals surface area contributed by atoms with Crippen molar-refractivity contribution in [2.75, 3.05) is 4.90 Å². The number of aryl methyl sites for hydroxylation is 2. The van der Waals surface area contributed by atoms with Crippen LogP contribution in [-0.2, 0) is 14.3 Å². The van der Waals surface area contributed by atoms with E-state index in [1.165, 1.54) is 11.8 Å². The molecular formula is C21H21NO3. The Hall–Kier alpha value is -2.88. The van der Waals surface area contributed by atoms with Crippen LogP contribution >= 0.6 is 0 Å². The third-order valence-electron chi connectivity index (χ3n) is 4.34. The molecule has 0 bridgehead atoms. The number of rotatable bonds is 3. The predicted molar refractivity (Wildman–Crippen MR) is 98.9 cm³/mol. The predicted octanol–water partition coefficient (Wildman–Crippen LogP) is 4.10. The maximum Gasteiger partial charge on any atom is 0.304 e. The summed E-state index contributed by atoms with van der Waals surface area (Å²) in [5.74, 6) is -0.569. The van der Waals surface area contributed by atoms with Crippen molar-refractivity contribution < 1.29 is 14.3 Å². The quantitative estimate of drug-likeness (QED) is 0.627. The molecule has 0 aliphatic carbocycles. The number of fused-ring (bicyclic) bond motifs is 1. The van der Waals surface area contributed by atoms with Crippen molar-refractivity contribution in [1.29, 1.82) is 0 Å². The standard InChI is InChI=1S/C21H21NO3/c1-13-9-10-14(2)17(11-13)12-19-18-7-5-6-8-20(18)22(21(19)24)15(3)25-16(4)23/h5-12,15H,1-4H3/b19-12-. The molecule has 4 nitrogen and oxygen atoms in total. The molecule has 1 heterocycles. The lowest BCUT2D eigenvalue weighted by Crippen LogP contribution is -2.38. The molecule has 0 saturated heterocycles. The highest BCUT2D eigenvalue weighted by Crippen LogP contribution is 2.39. The number of hydrogen-bond acceptors (Lipinski definition) is 3. The van der Waals surface area contributed by atoms with E-state index in [2.05, 4.69) is 12.1 Å². The van der Waals surface area contributed by atoms with Crippen molar-refractivity contribution in [2.24, 2.45) is 0 Å². The lowest BCUT2D eigenvalue weighted by atomic mass is 10.00. The Morgan fingerprint density at radius 2 is 1.88 bits per heavy atom. The van der Waals surface area contributed by atoms with Crippen LogP contribution < -0.4 is 4.90 Å². The van der Waals surface area contributed by atoms with Gasteiger partial charge in [0.25, 0.3) is 5.91 Å². The third kappa shape index (κ3) is 3.20. The van der Waals surface area contributed by atoms with E-state index in [1.807, 2.05) is 50.3 Å². The Morgan fingerprint density at radius 3 is 2.60 bits per heavy atom. The highest BCUT2D eigenvalue weighted by Gasteiger charge is 2.36. The fourth-order valence-electron chi connectivity index (χ4n) is 3.13. The van der Waals surface area contributed by atoms with E-state index in [0.717, 1.165) is 27.9 Å². The highest BCUT2D eigenvalue weighted by molar-refractivity contribution is 6.36. The lowest BCUT2D eigenvalue weighted by molar-refractivity contribution is -0.145. The van der Waals surface area contributed by atoms with E-state index in [9.17, 15) is 9.59 Å². The first-order valence-electron chi connectivity index (χ1n) is 8.27. The zero-order valence-corrected chi connectivity index (χ0v) is 14.9. The van der Waals surface area contributed by atoms with Crippen LogP contribution in [0.5, 0.6) is 0 Å². The van der Waals surface area contributed by atoms with Crippen LogP contribution in [0.25, 0.3) is 11.6 Å². The van der Waals surface area contributed by atoms with Gasteiger partial charge in [0, 0.05) is 18.1 Å². The van der Waals surface area contributed by atoms with Crippen LogP contribution in [0.2, 0.25) is 0 Å². The van der Waals surface area contributed by atoms with Gasteiger partial charge in [0.2, 0.25) is 0 Å². The molecule has 0 radical (unpaired) electrons. The average molecular weight is 335 g/mol. The molecule has 3 rings (SSSR count). The van der Waals surface area contributed by atoms with Gasteiger partial charge < -0.3 is 4.74 Å². The van der Waals surface area contributed by atoms with E-state index in [1.54, 1.807) is 6.92 Å². The smallest absolute Gasteiger partial charge is 0.304 e. The molecule has 25 heavy (non-hydrogen) atoms. The van der Waals surface area contributed by atoms with Gasteiger partial charge in [-0.1, -0.05) is 42.0 Å². The number of amides is 1. The number of esters is 1. The Morgan fingerprint density at radius 1 is 1.16 bits per heavy atom. The van der Waals surface area contributed by atoms with Gasteiger partial charge in [-0.15, -0.1) is 0 Å². The van der Waals surface area contributed by atoms with Gasteiger partial charge in [-0.3, -0.25) is 14.5 Å². The van der Waals surface area contributed by atoms with Crippen LogP contribution in [0.15, 0.2) is 42.5 Å². The number of nitrogens with zero attached hydrogens (tertiary/aromatic N) is 1. The number of hydrogen-bond donors (Lipinski definition) is 0. The number of ether oxygens (including phenoxy) is 1. The number of carbonyl (C=O) groups is 2. The van der Waals surface area contributed by atoms with Gasteiger partial charge >= 0.3 is 5.97 Å².